The number of terminal acetylenes is 1. The van der Waals surface area contributed by atoms with Crippen LogP contribution in [0.1, 0.15) is 39.7 Å². The van der Waals surface area contributed by atoms with Gasteiger partial charge in [0.05, 0.1) is 6.04 Å². The predicted octanol–water partition coefficient (Wildman–Crippen LogP) is 3.81. The molecule has 0 aromatic heterocycles. The lowest BCUT2D eigenvalue weighted by atomic mass is 9.85. The van der Waals surface area contributed by atoms with Crippen molar-refractivity contribution < 1.29 is 0 Å². The molecule has 1 unspecified atom stereocenters. The van der Waals surface area contributed by atoms with Crippen molar-refractivity contribution in [3.8, 4) is 12.3 Å². The maximum Gasteiger partial charge on any atom is 0.0871 e. The van der Waals surface area contributed by atoms with E-state index in [1.807, 2.05) is 6.07 Å². The molecule has 1 nitrogen and oxygen atoms in total. The van der Waals surface area contributed by atoms with E-state index >= 15 is 0 Å². The van der Waals surface area contributed by atoms with Gasteiger partial charge in [-0.1, -0.05) is 51.8 Å². The third kappa shape index (κ3) is 3.03. The molecular formula is C15H21N. The minimum absolute atomic E-state index is 0.114. The highest BCUT2D eigenvalue weighted by molar-refractivity contribution is 5.55. The van der Waals surface area contributed by atoms with E-state index < -0.39 is 0 Å². The van der Waals surface area contributed by atoms with Crippen LogP contribution in [0.4, 0.5) is 5.69 Å². The molecular weight excluding hydrogens is 194 g/mol. The van der Waals surface area contributed by atoms with Gasteiger partial charge in [0.1, 0.15) is 0 Å². The molecule has 0 heterocycles. The molecule has 1 rings (SSSR count). The number of rotatable bonds is 3. The smallest absolute Gasteiger partial charge is 0.0871 e. The summed E-state index contributed by atoms with van der Waals surface area (Å²) in [5.74, 6) is 2.77. The van der Waals surface area contributed by atoms with E-state index in [0.29, 0.717) is 0 Å². The van der Waals surface area contributed by atoms with Crippen molar-refractivity contribution >= 4 is 5.69 Å². The van der Waals surface area contributed by atoms with Crippen molar-refractivity contribution in [3.05, 3.63) is 29.8 Å². The molecule has 1 heteroatoms. The summed E-state index contributed by atoms with van der Waals surface area (Å²) < 4.78 is 0. The molecule has 0 fully saturated rings. The molecule has 0 spiro atoms. The van der Waals surface area contributed by atoms with Crippen LogP contribution >= 0.6 is 0 Å². The van der Waals surface area contributed by atoms with E-state index in [-0.39, 0.29) is 11.5 Å². The third-order valence-corrected chi connectivity index (χ3v) is 2.67. The Morgan fingerprint density at radius 3 is 2.44 bits per heavy atom. The molecule has 0 amide bonds. The van der Waals surface area contributed by atoms with Gasteiger partial charge in [-0.15, -0.1) is 6.42 Å². The summed E-state index contributed by atoms with van der Waals surface area (Å²) in [5, 5.41) is 3.42. The van der Waals surface area contributed by atoms with Gasteiger partial charge in [0.2, 0.25) is 0 Å². The number of nitrogens with one attached hydrogen (secondary N) is 1. The first-order chi connectivity index (χ1) is 7.49. The molecule has 0 saturated carbocycles. The van der Waals surface area contributed by atoms with Crippen LogP contribution in [0.15, 0.2) is 24.3 Å². The molecule has 86 valence electrons. The normalized spacial score (nSPS) is 12.9. The molecule has 1 aromatic rings. The zero-order valence-corrected chi connectivity index (χ0v) is 10.7. The highest BCUT2D eigenvalue weighted by atomic mass is 14.9. The summed E-state index contributed by atoms with van der Waals surface area (Å²) in [5.41, 5.74) is 2.60. The topological polar surface area (TPSA) is 12.0 Å². The highest BCUT2D eigenvalue weighted by Crippen LogP contribution is 2.29. The lowest BCUT2D eigenvalue weighted by molar-refractivity contribution is 0.591. The molecule has 16 heavy (non-hydrogen) atoms. The molecule has 0 aliphatic carbocycles. The van der Waals surface area contributed by atoms with Crippen LogP contribution in [-0.4, -0.2) is 6.04 Å². The maximum atomic E-state index is 5.48. The van der Waals surface area contributed by atoms with Crippen LogP contribution in [0.3, 0.4) is 0 Å². The van der Waals surface area contributed by atoms with Gasteiger partial charge in [-0.25, -0.2) is 0 Å². The van der Waals surface area contributed by atoms with E-state index in [9.17, 15) is 0 Å². The zero-order valence-electron chi connectivity index (χ0n) is 10.7. The predicted molar refractivity (Wildman–Crippen MR) is 71.7 cm³/mol. The van der Waals surface area contributed by atoms with Crippen LogP contribution in [0.25, 0.3) is 0 Å². The summed E-state index contributed by atoms with van der Waals surface area (Å²) in [6.07, 6.45) is 6.42. The largest absolute Gasteiger partial charge is 0.371 e. The van der Waals surface area contributed by atoms with Crippen molar-refractivity contribution in [1.29, 1.82) is 0 Å². The second kappa shape index (κ2) is 5.07. The van der Waals surface area contributed by atoms with Gasteiger partial charge in [-0.2, -0.15) is 0 Å². The monoisotopic (exact) mass is 215 g/mol. The number of para-hydroxylation sites is 1. The Kier molecular flexibility index (Phi) is 4.01. The Bertz CT molecular complexity index is 379. The summed E-state index contributed by atoms with van der Waals surface area (Å²) in [4.78, 5) is 0. The summed E-state index contributed by atoms with van der Waals surface area (Å²) in [6.45, 7) is 8.73. The average molecular weight is 215 g/mol. The van der Waals surface area contributed by atoms with Gasteiger partial charge in [-0.3, -0.25) is 0 Å². The SMILES string of the molecule is C#CC(CC)Nc1ccccc1C(C)(C)C. The van der Waals surface area contributed by atoms with Gasteiger partial charge in [0, 0.05) is 5.69 Å². The number of hydrogen-bond donors (Lipinski definition) is 1. The van der Waals surface area contributed by atoms with Crippen LogP contribution in [0, 0.1) is 12.3 Å². The van der Waals surface area contributed by atoms with Gasteiger partial charge in [0.15, 0.2) is 0 Å². The summed E-state index contributed by atoms with van der Waals surface area (Å²) >= 11 is 0. The minimum atomic E-state index is 0.114. The van der Waals surface area contributed by atoms with E-state index in [1.54, 1.807) is 0 Å². The Labute approximate surface area is 99.3 Å². The van der Waals surface area contributed by atoms with E-state index in [0.717, 1.165) is 12.1 Å². The van der Waals surface area contributed by atoms with Crippen LogP contribution in [-0.2, 0) is 5.41 Å². The number of anilines is 1. The van der Waals surface area contributed by atoms with Crippen LogP contribution in [0.5, 0.6) is 0 Å². The van der Waals surface area contributed by atoms with Gasteiger partial charge >= 0.3 is 0 Å². The van der Waals surface area contributed by atoms with E-state index in [4.69, 9.17) is 6.42 Å². The summed E-state index contributed by atoms with van der Waals surface area (Å²) in [7, 11) is 0. The second-order valence-electron chi connectivity index (χ2n) is 5.07. The molecule has 1 aromatic carbocycles. The zero-order chi connectivity index (χ0) is 12.2. The van der Waals surface area contributed by atoms with E-state index in [2.05, 4.69) is 57.1 Å². The second-order valence-corrected chi connectivity index (χ2v) is 5.07. The van der Waals surface area contributed by atoms with Crippen molar-refractivity contribution in [2.45, 2.75) is 45.6 Å². The van der Waals surface area contributed by atoms with Crippen LogP contribution in [0.2, 0.25) is 0 Å². The molecule has 0 aliphatic rings. The number of hydrogen-bond acceptors (Lipinski definition) is 1. The Hall–Kier alpha value is -1.42. The minimum Gasteiger partial charge on any atom is -0.371 e. The van der Waals surface area contributed by atoms with Gasteiger partial charge < -0.3 is 5.32 Å². The third-order valence-electron chi connectivity index (χ3n) is 2.67. The Morgan fingerprint density at radius 2 is 1.94 bits per heavy atom. The molecule has 0 saturated heterocycles. The lowest BCUT2D eigenvalue weighted by Crippen LogP contribution is -2.20. The number of benzene rings is 1. The van der Waals surface area contributed by atoms with Crippen molar-refractivity contribution in [3.63, 3.8) is 0 Å². The molecule has 0 bridgehead atoms. The Morgan fingerprint density at radius 1 is 1.31 bits per heavy atom. The first-order valence-electron chi connectivity index (χ1n) is 5.81. The lowest BCUT2D eigenvalue weighted by Gasteiger charge is -2.25. The standard InChI is InChI=1S/C15H21N/c1-6-12(7-2)16-14-11-9-8-10-13(14)15(3,4)5/h1,8-12,16H,7H2,2-5H3. The molecule has 1 N–H and O–H groups in total. The molecule has 0 radical (unpaired) electrons. The van der Waals surface area contributed by atoms with Gasteiger partial charge in [0.25, 0.3) is 0 Å². The van der Waals surface area contributed by atoms with Gasteiger partial charge in [-0.05, 0) is 23.5 Å². The van der Waals surface area contributed by atoms with Crippen molar-refractivity contribution in [2.75, 3.05) is 5.32 Å². The maximum absolute atomic E-state index is 5.48. The fraction of sp³-hybridized carbons (Fsp3) is 0.467. The van der Waals surface area contributed by atoms with E-state index in [1.165, 1.54) is 5.56 Å². The van der Waals surface area contributed by atoms with Crippen molar-refractivity contribution in [1.82, 2.24) is 0 Å². The fourth-order valence-electron chi connectivity index (χ4n) is 1.71. The van der Waals surface area contributed by atoms with Crippen molar-refractivity contribution in [2.24, 2.45) is 0 Å². The van der Waals surface area contributed by atoms with Crippen LogP contribution < -0.4 is 5.32 Å². The molecule has 1 atom stereocenters. The molecule has 0 aliphatic heterocycles. The summed E-state index contributed by atoms with van der Waals surface area (Å²) in [6, 6.07) is 8.48. The Balaban J connectivity index is 3.01. The average Bonchev–Trinajstić information content (AvgIpc) is 2.25. The fourth-order valence-corrected chi connectivity index (χ4v) is 1.71. The first-order valence-corrected chi connectivity index (χ1v) is 5.81. The first kappa shape index (κ1) is 12.6. The highest BCUT2D eigenvalue weighted by Gasteiger charge is 2.18. The quantitative estimate of drug-likeness (QED) is 0.756.